The van der Waals surface area contributed by atoms with Gasteiger partial charge < -0.3 is 10.1 Å². The van der Waals surface area contributed by atoms with Crippen molar-refractivity contribution in [1.82, 2.24) is 15.1 Å². The molecule has 92 valence electrons. The molecular formula is C12H23N3O. The van der Waals surface area contributed by atoms with E-state index in [1.54, 1.807) is 0 Å². The number of hydrogen-bond acceptors (Lipinski definition) is 3. The quantitative estimate of drug-likeness (QED) is 0.762. The normalized spacial score (nSPS) is 13.0. The minimum Gasteiger partial charge on any atom is -0.380 e. The lowest BCUT2D eigenvalue weighted by molar-refractivity contribution is 0.124. The molecular weight excluding hydrogens is 202 g/mol. The van der Waals surface area contributed by atoms with Gasteiger partial charge in [0.2, 0.25) is 0 Å². The van der Waals surface area contributed by atoms with Crippen molar-refractivity contribution < 1.29 is 4.74 Å². The second kappa shape index (κ2) is 6.66. The summed E-state index contributed by atoms with van der Waals surface area (Å²) in [4.78, 5) is 0. The number of rotatable bonds is 7. The molecule has 0 amide bonds. The molecule has 4 nitrogen and oxygen atoms in total. The highest BCUT2D eigenvalue weighted by atomic mass is 16.5. The molecule has 0 aliphatic carbocycles. The Morgan fingerprint density at radius 1 is 1.50 bits per heavy atom. The van der Waals surface area contributed by atoms with Gasteiger partial charge in [0.15, 0.2) is 0 Å². The number of nitrogens with one attached hydrogen (secondary N) is 1. The van der Waals surface area contributed by atoms with E-state index in [1.807, 2.05) is 20.9 Å². The zero-order chi connectivity index (χ0) is 12.0. The fourth-order valence-corrected chi connectivity index (χ4v) is 1.79. The summed E-state index contributed by atoms with van der Waals surface area (Å²) in [6.45, 7) is 8.62. The molecule has 1 heterocycles. The molecule has 1 unspecified atom stereocenters. The summed E-state index contributed by atoms with van der Waals surface area (Å²) >= 11 is 0. The summed E-state index contributed by atoms with van der Waals surface area (Å²) in [7, 11) is 1.98. The van der Waals surface area contributed by atoms with E-state index in [9.17, 15) is 0 Å². The number of nitrogens with zero attached hydrogens (tertiary/aromatic N) is 2. The third-order valence-electron chi connectivity index (χ3n) is 2.67. The van der Waals surface area contributed by atoms with Crippen LogP contribution in [0.2, 0.25) is 0 Å². The number of ether oxygens (including phenoxy) is 1. The van der Waals surface area contributed by atoms with Crippen LogP contribution in [0.4, 0.5) is 0 Å². The van der Waals surface area contributed by atoms with E-state index in [1.165, 1.54) is 5.69 Å². The van der Waals surface area contributed by atoms with Gasteiger partial charge >= 0.3 is 0 Å². The van der Waals surface area contributed by atoms with Gasteiger partial charge in [0.05, 0.1) is 12.3 Å². The van der Waals surface area contributed by atoms with Crippen LogP contribution in [-0.4, -0.2) is 36.1 Å². The van der Waals surface area contributed by atoms with Gasteiger partial charge in [0.1, 0.15) is 0 Å². The lowest BCUT2D eigenvalue weighted by Gasteiger charge is -2.16. The molecule has 16 heavy (non-hydrogen) atoms. The van der Waals surface area contributed by atoms with Crippen molar-refractivity contribution in [3.63, 3.8) is 0 Å². The smallest absolute Gasteiger partial charge is 0.0623 e. The van der Waals surface area contributed by atoms with Crippen molar-refractivity contribution in [2.45, 2.75) is 39.8 Å². The summed E-state index contributed by atoms with van der Waals surface area (Å²) in [5.74, 6) is 0. The van der Waals surface area contributed by atoms with E-state index < -0.39 is 0 Å². The highest BCUT2D eigenvalue weighted by molar-refractivity contribution is 5.10. The first-order valence-corrected chi connectivity index (χ1v) is 5.99. The van der Waals surface area contributed by atoms with Crippen LogP contribution in [0.1, 0.15) is 25.2 Å². The van der Waals surface area contributed by atoms with Gasteiger partial charge in [-0.05, 0) is 33.9 Å². The maximum absolute atomic E-state index is 5.45. The van der Waals surface area contributed by atoms with Gasteiger partial charge in [-0.1, -0.05) is 0 Å². The van der Waals surface area contributed by atoms with Gasteiger partial charge in [0.25, 0.3) is 0 Å². The van der Waals surface area contributed by atoms with Crippen LogP contribution in [0.15, 0.2) is 6.07 Å². The predicted octanol–water partition coefficient (Wildman–Crippen LogP) is 1.38. The summed E-state index contributed by atoms with van der Waals surface area (Å²) < 4.78 is 7.51. The van der Waals surface area contributed by atoms with Crippen LogP contribution < -0.4 is 5.32 Å². The van der Waals surface area contributed by atoms with Crippen molar-refractivity contribution in [3.05, 3.63) is 17.5 Å². The first-order valence-electron chi connectivity index (χ1n) is 5.99. The van der Waals surface area contributed by atoms with E-state index in [0.717, 1.165) is 31.9 Å². The van der Waals surface area contributed by atoms with E-state index in [-0.39, 0.29) is 0 Å². The third-order valence-corrected chi connectivity index (χ3v) is 2.67. The van der Waals surface area contributed by atoms with Crippen LogP contribution in [0.3, 0.4) is 0 Å². The lowest BCUT2D eigenvalue weighted by atomic mass is 10.1. The Kier molecular flexibility index (Phi) is 5.49. The summed E-state index contributed by atoms with van der Waals surface area (Å²) in [6.07, 6.45) is 0.963. The molecule has 0 aromatic carbocycles. The van der Waals surface area contributed by atoms with Crippen molar-refractivity contribution in [2.24, 2.45) is 0 Å². The van der Waals surface area contributed by atoms with Crippen LogP contribution in [0, 0.1) is 6.92 Å². The highest BCUT2D eigenvalue weighted by Crippen LogP contribution is 2.07. The summed E-state index contributed by atoms with van der Waals surface area (Å²) in [5, 5.41) is 7.72. The molecule has 1 aromatic rings. The van der Waals surface area contributed by atoms with Crippen molar-refractivity contribution in [2.75, 3.05) is 20.3 Å². The van der Waals surface area contributed by atoms with Gasteiger partial charge in [-0.25, -0.2) is 0 Å². The second-order valence-corrected chi connectivity index (χ2v) is 3.94. The molecule has 1 aromatic heterocycles. The Balaban J connectivity index is 2.61. The number of likely N-dealkylation sites (N-methyl/N-ethyl adjacent to an activating group) is 1. The Morgan fingerprint density at radius 2 is 2.25 bits per heavy atom. The third kappa shape index (κ3) is 3.61. The molecule has 4 heteroatoms. The first kappa shape index (κ1) is 13.2. The average Bonchev–Trinajstić information content (AvgIpc) is 2.64. The zero-order valence-electron chi connectivity index (χ0n) is 10.8. The molecule has 0 aliphatic heterocycles. The minimum absolute atomic E-state index is 0.362. The van der Waals surface area contributed by atoms with Crippen molar-refractivity contribution in [3.8, 4) is 0 Å². The van der Waals surface area contributed by atoms with E-state index in [0.29, 0.717) is 6.04 Å². The van der Waals surface area contributed by atoms with E-state index >= 15 is 0 Å². The molecule has 0 radical (unpaired) electrons. The first-order chi connectivity index (χ1) is 7.71. The van der Waals surface area contributed by atoms with Gasteiger partial charge in [0, 0.05) is 31.3 Å². The largest absolute Gasteiger partial charge is 0.380 e. The average molecular weight is 225 g/mol. The maximum atomic E-state index is 5.45. The van der Waals surface area contributed by atoms with Crippen LogP contribution >= 0.6 is 0 Å². The van der Waals surface area contributed by atoms with Crippen LogP contribution in [0.5, 0.6) is 0 Å². The van der Waals surface area contributed by atoms with Crippen molar-refractivity contribution >= 4 is 0 Å². The van der Waals surface area contributed by atoms with Crippen LogP contribution in [-0.2, 0) is 17.7 Å². The molecule has 0 bridgehead atoms. The number of aryl methyl sites for hydroxylation is 2. The SMILES string of the molecule is CCOCC(Cc1cc(C)nn1CC)NC. The monoisotopic (exact) mass is 225 g/mol. The Bertz CT molecular complexity index is 309. The fourth-order valence-electron chi connectivity index (χ4n) is 1.79. The molecule has 1 N–H and O–H groups in total. The molecule has 0 aliphatic rings. The summed E-state index contributed by atoms with van der Waals surface area (Å²) in [5.41, 5.74) is 2.36. The maximum Gasteiger partial charge on any atom is 0.0623 e. The topological polar surface area (TPSA) is 39.1 Å². The molecule has 0 fully saturated rings. The summed E-state index contributed by atoms with van der Waals surface area (Å²) in [6, 6.07) is 2.51. The highest BCUT2D eigenvalue weighted by Gasteiger charge is 2.11. The lowest BCUT2D eigenvalue weighted by Crippen LogP contribution is -2.33. The zero-order valence-corrected chi connectivity index (χ0v) is 10.8. The second-order valence-electron chi connectivity index (χ2n) is 3.94. The fraction of sp³-hybridized carbons (Fsp3) is 0.750. The van der Waals surface area contributed by atoms with Crippen molar-refractivity contribution in [1.29, 1.82) is 0 Å². The van der Waals surface area contributed by atoms with Crippen LogP contribution in [0.25, 0.3) is 0 Å². The number of hydrogen-bond donors (Lipinski definition) is 1. The van der Waals surface area contributed by atoms with Gasteiger partial charge in [-0.2, -0.15) is 5.10 Å². The molecule has 1 rings (SSSR count). The van der Waals surface area contributed by atoms with Gasteiger partial charge in [-0.15, -0.1) is 0 Å². The predicted molar refractivity (Wildman–Crippen MR) is 65.7 cm³/mol. The Morgan fingerprint density at radius 3 is 2.81 bits per heavy atom. The Labute approximate surface area is 98.0 Å². The standard InChI is InChI=1S/C12H23N3O/c1-5-15-12(7-10(3)14-15)8-11(13-4)9-16-6-2/h7,11,13H,5-6,8-9H2,1-4H3. The molecule has 0 spiro atoms. The molecule has 1 atom stereocenters. The van der Waals surface area contributed by atoms with E-state index in [2.05, 4.69) is 28.1 Å². The molecule has 0 saturated heterocycles. The van der Waals surface area contributed by atoms with Gasteiger partial charge in [-0.3, -0.25) is 4.68 Å². The Hall–Kier alpha value is -0.870. The minimum atomic E-state index is 0.362. The molecule has 0 saturated carbocycles. The van der Waals surface area contributed by atoms with E-state index in [4.69, 9.17) is 4.74 Å². The number of aromatic nitrogens is 2.